The lowest BCUT2D eigenvalue weighted by Crippen LogP contribution is -2.48. The highest BCUT2D eigenvalue weighted by Gasteiger charge is 2.44. The number of hydrogen-bond acceptors (Lipinski definition) is 6. The molecular weight excluding hydrogens is 568 g/mol. The molecule has 4 amide bonds. The Bertz CT molecular complexity index is 1520. The molecule has 5 N–H and O–H groups in total. The van der Waals surface area contributed by atoms with E-state index < -0.39 is 5.54 Å². The van der Waals surface area contributed by atoms with Crippen LogP contribution in [0, 0.1) is 0 Å². The molecular formula is C34H44N8O3. The number of H-pyrrole nitrogens is 1. The number of nitrogens with one attached hydrogen (secondary N) is 5. The maximum atomic E-state index is 13.7. The molecule has 2 heterocycles. The molecule has 1 aliphatic carbocycles. The number of carbonyl (C=O) groups is 3. The van der Waals surface area contributed by atoms with Gasteiger partial charge in [-0.2, -0.15) is 5.10 Å². The van der Waals surface area contributed by atoms with Gasteiger partial charge in [0.05, 0.1) is 23.8 Å². The van der Waals surface area contributed by atoms with Crippen LogP contribution in [0.4, 0.5) is 16.3 Å². The number of hydrogen-bond donors (Lipinski definition) is 5. The summed E-state index contributed by atoms with van der Waals surface area (Å²) in [6, 6.07) is 16.7. The van der Waals surface area contributed by atoms with Gasteiger partial charge in [-0.3, -0.25) is 14.7 Å². The van der Waals surface area contributed by atoms with E-state index in [0.29, 0.717) is 24.3 Å². The highest BCUT2D eigenvalue weighted by atomic mass is 16.2. The van der Waals surface area contributed by atoms with Crippen LogP contribution in [0.15, 0.2) is 67.3 Å². The fourth-order valence-electron chi connectivity index (χ4n) is 6.29. The molecule has 2 aliphatic rings. The highest BCUT2D eigenvalue weighted by molar-refractivity contribution is 5.99. The van der Waals surface area contributed by atoms with Crippen molar-refractivity contribution in [2.45, 2.75) is 69.7 Å². The number of amides is 4. The Kier molecular flexibility index (Phi) is 9.57. The van der Waals surface area contributed by atoms with Crippen molar-refractivity contribution < 1.29 is 14.4 Å². The van der Waals surface area contributed by atoms with Crippen molar-refractivity contribution in [3.05, 3.63) is 89.6 Å². The van der Waals surface area contributed by atoms with E-state index in [0.717, 1.165) is 48.3 Å². The molecule has 2 aromatic carbocycles. The molecule has 11 heteroatoms. The number of rotatable bonds is 10. The summed E-state index contributed by atoms with van der Waals surface area (Å²) in [6.45, 7) is 8.65. The van der Waals surface area contributed by atoms with E-state index in [9.17, 15) is 14.4 Å². The summed E-state index contributed by atoms with van der Waals surface area (Å²) >= 11 is 0. The van der Waals surface area contributed by atoms with E-state index >= 15 is 0 Å². The van der Waals surface area contributed by atoms with Gasteiger partial charge in [0.15, 0.2) is 5.82 Å². The van der Waals surface area contributed by atoms with E-state index in [4.69, 9.17) is 0 Å². The van der Waals surface area contributed by atoms with Gasteiger partial charge in [-0.1, -0.05) is 36.9 Å². The predicted octanol–water partition coefficient (Wildman–Crippen LogP) is 4.75. The van der Waals surface area contributed by atoms with Crippen LogP contribution in [0.3, 0.4) is 0 Å². The standard InChI is InChI=1S/C34H44N8O3/c1-6-29(43)35-24-17-15-23(16-18-24)32(44)37-26-14-10-13-25(19-26)36-31-27-20-42(34(2,3)30(27)39-40-31)33(45)38-28(21-41(4)5)22-11-8-7-9-12-22/h6-9,11-12,15-18,25-26,28H,1,10,13-14,19-21H2,2-5H3,(H,35,43)(H,37,44)(H,38,45)(H2,36,39,40)/t25-,26-,28?/m1/s1. The van der Waals surface area contributed by atoms with E-state index in [-0.39, 0.29) is 36.0 Å². The Morgan fingerprint density at radius 1 is 1.09 bits per heavy atom. The monoisotopic (exact) mass is 612 g/mol. The Morgan fingerprint density at radius 2 is 1.80 bits per heavy atom. The Labute approximate surface area is 264 Å². The lowest BCUT2D eigenvalue weighted by molar-refractivity contribution is -0.111. The first kappa shape index (κ1) is 31.8. The molecule has 1 fully saturated rings. The number of likely N-dealkylation sites (N-methyl/N-ethyl adjacent to an activating group) is 1. The van der Waals surface area contributed by atoms with E-state index in [1.807, 2.05) is 63.2 Å². The lowest BCUT2D eigenvalue weighted by Gasteiger charge is -2.34. The summed E-state index contributed by atoms with van der Waals surface area (Å²) in [6.07, 6.45) is 4.79. The largest absolute Gasteiger partial charge is 0.366 e. The topological polar surface area (TPSA) is 134 Å². The predicted molar refractivity (Wildman–Crippen MR) is 176 cm³/mol. The van der Waals surface area contributed by atoms with Gasteiger partial charge in [-0.25, -0.2) is 4.79 Å². The van der Waals surface area contributed by atoms with Gasteiger partial charge >= 0.3 is 6.03 Å². The maximum Gasteiger partial charge on any atom is 0.319 e. The van der Waals surface area contributed by atoms with Crippen molar-refractivity contribution in [2.24, 2.45) is 0 Å². The molecule has 11 nitrogen and oxygen atoms in total. The number of carbonyl (C=O) groups excluding carboxylic acids is 3. The summed E-state index contributed by atoms with van der Waals surface area (Å²) in [7, 11) is 4.00. The van der Waals surface area contributed by atoms with Crippen LogP contribution in [-0.2, 0) is 16.9 Å². The molecule has 238 valence electrons. The van der Waals surface area contributed by atoms with Gasteiger partial charge in [-0.15, -0.1) is 0 Å². The number of benzene rings is 2. The number of anilines is 2. The number of nitrogens with zero attached hydrogens (tertiary/aromatic N) is 3. The minimum atomic E-state index is -0.571. The smallest absolute Gasteiger partial charge is 0.319 e. The number of fused-ring (bicyclic) bond motifs is 1. The fourth-order valence-corrected chi connectivity index (χ4v) is 6.29. The summed E-state index contributed by atoms with van der Waals surface area (Å²) in [5.74, 6) is 0.316. The van der Waals surface area contributed by atoms with Crippen LogP contribution >= 0.6 is 0 Å². The second-order valence-corrected chi connectivity index (χ2v) is 12.7. The quantitative estimate of drug-likeness (QED) is 0.210. The molecule has 0 bridgehead atoms. The van der Waals surface area contributed by atoms with Crippen LogP contribution in [0.2, 0.25) is 0 Å². The molecule has 5 rings (SSSR count). The Morgan fingerprint density at radius 3 is 2.49 bits per heavy atom. The number of aromatic amines is 1. The molecule has 1 saturated carbocycles. The molecule has 0 radical (unpaired) electrons. The zero-order valence-electron chi connectivity index (χ0n) is 26.5. The first-order valence-corrected chi connectivity index (χ1v) is 15.5. The van der Waals surface area contributed by atoms with Crippen molar-refractivity contribution in [1.82, 2.24) is 30.6 Å². The highest BCUT2D eigenvalue weighted by Crippen LogP contribution is 2.41. The van der Waals surface area contributed by atoms with E-state index in [2.05, 4.69) is 42.9 Å². The van der Waals surface area contributed by atoms with Crippen LogP contribution in [0.1, 0.15) is 72.8 Å². The molecule has 1 unspecified atom stereocenters. The normalized spacial score (nSPS) is 19.4. The van der Waals surface area contributed by atoms with E-state index in [1.54, 1.807) is 24.3 Å². The van der Waals surface area contributed by atoms with Crippen molar-refractivity contribution in [1.29, 1.82) is 0 Å². The zero-order chi connectivity index (χ0) is 32.1. The van der Waals surface area contributed by atoms with Crippen molar-refractivity contribution in [3.63, 3.8) is 0 Å². The number of aromatic nitrogens is 2. The average Bonchev–Trinajstić information content (AvgIpc) is 3.54. The third-order valence-electron chi connectivity index (χ3n) is 8.71. The van der Waals surface area contributed by atoms with Gasteiger partial charge in [-0.05, 0) is 89.5 Å². The lowest BCUT2D eigenvalue weighted by atomic mass is 9.90. The SMILES string of the molecule is C=CC(=O)Nc1ccc(C(=O)N[C@@H]2CCC[C@@H](Nc3n[nH]c4c3CN(C(=O)NC(CN(C)C)c3ccccc3)C4(C)C)C2)cc1. The first-order valence-electron chi connectivity index (χ1n) is 15.5. The second kappa shape index (κ2) is 13.6. The third kappa shape index (κ3) is 7.37. The minimum Gasteiger partial charge on any atom is -0.366 e. The van der Waals surface area contributed by atoms with Crippen LogP contribution in [-0.4, -0.2) is 70.6 Å². The summed E-state index contributed by atoms with van der Waals surface area (Å²) in [5, 5.41) is 20.6. The fraction of sp³-hybridized carbons (Fsp3) is 0.412. The molecule has 1 aromatic heterocycles. The summed E-state index contributed by atoms with van der Waals surface area (Å²) in [5.41, 5.74) is 3.55. The van der Waals surface area contributed by atoms with Gasteiger partial charge in [0, 0.05) is 35.4 Å². The Balaban J connectivity index is 1.20. The van der Waals surface area contributed by atoms with Gasteiger partial charge in [0.2, 0.25) is 5.91 Å². The third-order valence-corrected chi connectivity index (χ3v) is 8.71. The van der Waals surface area contributed by atoms with Crippen molar-refractivity contribution >= 4 is 29.4 Å². The minimum absolute atomic E-state index is 0.0150. The van der Waals surface area contributed by atoms with E-state index in [1.165, 1.54) is 6.08 Å². The molecule has 45 heavy (non-hydrogen) atoms. The first-order chi connectivity index (χ1) is 21.5. The molecule has 3 atom stereocenters. The average molecular weight is 613 g/mol. The molecule has 1 aliphatic heterocycles. The van der Waals surface area contributed by atoms with Crippen molar-refractivity contribution in [2.75, 3.05) is 31.3 Å². The summed E-state index contributed by atoms with van der Waals surface area (Å²) in [4.78, 5) is 42.2. The van der Waals surface area contributed by atoms with Gasteiger partial charge < -0.3 is 31.1 Å². The van der Waals surface area contributed by atoms with Crippen molar-refractivity contribution in [3.8, 4) is 0 Å². The van der Waals surface area contributed by atoms with Crippen LogP contribution in [0.5, 0.6) is 0 Å². The Hall–Kier alpha value is -4.64. The molecule has 0 saturated heterocycles. The zero-order valence-corrected chi connectivity index (χ0v) is 26.5. The molecule has 3 aromatic rings. The maximum absolute atomic E-state index is 13.7. The number of urea groups is 1. The van der Waals surface area contributed by atoms with Gasteiger partial charge in [0.1, 0.15) is 0 Å². The molecule has 0 spiro atoms. The van der Waals surface area contributed by atoms with Crippen LogP contribution in [0.25, 0.3) is 0 Å². The second-order valence-electron chi connectivity index (χ2n) is 12.7. The van der Waals surface area contributed by atoms with Gasteiger partial charge in [0.25, 0.3) is 5.91 Å². The summed E-state index contributed by atoms with van der Waals surface area (Å²) < 4.78 is 0. The van der Waals surface area contributed by atoms with Crippen LogP contribution < -0.4 is 21.3 Å².